The van der Waals surface area contributed by atoms with Crippen molar-refractivity contribution in [2.75, 3.05) is 11.4 Å². The summed E-state index contributed by atoms with van der Waals surface area (Å²) in [5, 5.41) is 4.80. The van der Waals surface area contributed by atoms with Crippen LogP contribution in [0.2, 0.25) is 0 Å². The van der Waals surface area contributed by atoms with E-state index in [-0.39, 0.29) is 11.0 Å². The first kappa shape index (κ1) is 23.5. The van der Waals surface area contributed by atoms with Crippen LogP contribution < -0.4 is 20.8 Å². The summed E-state index contributed by atoms with van der Waals surface area (Å²) in [5.74, 6) is 0.288. The second kappa shape index (κ2) is 8.87. The van der Waals surface area contributed by atoms with Gasteiger partial charge in [-0.15, -0.1) is 6.58 Å². The molecule has 1 amide bonds. The molecule has 2 aliphatic heterocycles. The number of anilines is 1. The summed E-state index contributed by atoms with van der Waals surface area (Å²) in [6, 6.07) is 28.9. The Bertz CT molecular complexity index is 1500. The van der Waals surface area contributed by atoms with E-state index in [2.05, 4.69) is 11.9 Å². The van der Waals surface area contributed by atoms with E-state index in [0.29, 0.717) is 22.9 Å². The fourth-order valence-corrected chi connectivity index (χ4v) is 8.98. The molecule has 2 atom stereocenters. The van der Waals surface area contributed by atoms with E-state index < -0.39 is 18.9 Å². The Hall–Kier alpha value is -3.93. The summed E-state index contributed by atoms with van der Waals surface area (Å²) in [6.07, 6.45) is 3.25. The Morgan fingerprint density at radius 3 is 2.16 bits per heavy atom. The first-order valence-electron chi connectivity index (χ1n) is 11.9. The average Bonchev–Trinajstić information content (AvgIpc) is 3.63. The van der Waals surface area contributed by atoms with Gasteiger partial charge >= 0.3 is 0 Å². The van der Waals surface area contributed by atoms with Gasteiger partial charge in [-0.2, -0.15) is 0 Å². The maximum absolute atomic E-state index is 15.5. The number of hydrogen-bond donors (Lipinski definition) is 1. The Kier molecular flexibility index (Phi) is 5.63. The van der Waals surface area contributed by atoms with Gasteiger partial charge in [0.05, 0.1) is 12.0 Å². The minimum Gasteiger partial charge on any atom is -0.467 e. The number of fused-ring (bicyclic) bond motifs is 2. The smallest absolute Gasteiger partial charge is 0.260 e. The van der Waals surface area contributed by atoms with Crippen molar-refractivity contribution in [3.05, 3.63) is 127 Å². The summed E-state index contributed by atoms with van der Waals surface area (Å²) < 4.78 is 23.2. The Morgan fingerprint density at radius 2 is 1.57 bits per heavy atom. The maximum Gasteiger partial charge on any atom is 0.260 e. The molecule has 4 aromatic rings. The van der Waals surface area contributed by atoms with Crippen molar-refractivity contribution in [3.8, 4) is 0 Å². The molecule has 8 heteroatoms. The zero-order valence-corrected chi connectivity index (χ0v) is 21.6. The standard InChI is InChI=1S/C29H24N3O3PS/c1-2-19-31-24-17-10-9-16-23(24)29(27(31)33)26(25-18-11-20-35-25)32(28(37)30-29)36(34,21-12-5-3-6-13-21)22-14-7-4-8-15-22/h2-18,20,26H,1,19H2,(H,30,37)/t26-,29+/m1/s1. The molecule has 3 heterocycles. The number of para-hydroxylation sites is 1. The molecule has 1 spiro atoms. The summed E-state index contributed by atoms with van der Waals surface area (Å²) >= 11 is 5.94. The molecule has 0 aliphatic carbocycles. The highest BCUT2D eigenvalue weighted by Crippen LogP contribution is 2.62. The highest BCUT2D eigenvalue weighted by Gasteiger charge is 2.66. The van der Waals surface area contributed by atoms with E-state index in [0.717, 1.165) is 11.3 Å². The van der Waals surface area contributed by atoms with Crippen LogP contribution in [0.15, 0.2) is 120 Å². The largest absolute Gasteiger partial charge is 0.467 e. The third-order valence-electron chi connectivity index (χ3n) is 7.01. The van der Waals surface area contributed by atoms with Gasteiger partial charge < -0.3 is 14.6 Å². The third-order valence-corrected chi connectivity index (χ3v) is 10.5. The van der Waals surface area contributed by atoms with Gasteiger partial charge in [0.2, 0.25) is 7.29 Å². The highest BCUT2D eigenvalue weighted by molar-refractivity contribution is 7.83. The van der Waals surface area contributed by atoms with Crippen molar-refractivity contribution in [3.63, 3.8) is 0 Å². The van der Waals surface area contributed by atoms with Gasteiger partial charge in [-0.1, -0.05) is 60.7 Å². The molecular formula is C29H24N3O3PS. The molecule has 0 unspecified atom stereocenters. The molecule has 184 valence electrons. The lowest BCUT2D eigenvalue weighted by Gasteiger charge is -2.36. The van der Waals surface area contributed by atoms with Crippen molar-refractivity contribution < 1.29 is 13.8 Å². The lowest BCUT2D eigenvalue weighted by molar-refractivity contribution is -0.124. The molecule has 0 saturated carbocycles. The van der Waals surface area contributed by atoms with Crippen LogP contribution in [0.4, 0.5) is 5.69 Å². The maximum atomic E-state index is 15.5. The van der Waals surface area contributed by atoms with Gasteiger partial charge in [-0.05, 0) is 54.7 Å². The van der Waals surface area contributed by atoms with Crippen molar-refractivity contribution >= 4 is 46.8 Å². The van der Waals surface area contributed by atoms with E-state index in [1.165, 1.54) is 0 Å². The van der Waals surface area contributed by atoms with E-state index in [4.69, 9.17) is 16.6 Å². The summed E-state index contributed by atoms with van der Waals surface area (Å²) in [5.41, 5.74) is 0.171. The first-order chi connectivity index (χ1) is 18.0. The molecule has 1 saturated heterocycles. The molecule has 1 aromatic heterocycles. The average molecular weight is 526 g/mol. The van der Waals surface area contributed by atoms with Crippen molar-refractivity contribution in [2.24, 2.45) is 0 Å². The van der Waals surface area contributed by atoms with Crippen LogP contribution in [-0.2, 0) is 14.9 Å². The Balaban J connectivity index is 1.65. The van der Waals surface area contributed by atoms with Crippen LogP contribution in [0.25, 0.3) is 0 Å². The molecule has 1 fully saturated rings. The van der Waals surface area contributed by atoms with Crippen molar-refractivity contribution in [1.29, 1.82) is 0 Å². The number of carbonyl (C=O) groups is 1. The van der Waals surface area contributed by atoms with Crippen molar-refractivity contribution in [1.82, 2.24) is 9.99 Å². The van der Waals surface area contributed by atoms with E-state index >= 15 is 4.57 Å². The van der Waals surface area contributed by atoms with Crippen LogP contribution in [0, 0.1) is 0 Å². The van der Waals surface area contributed by atoms with E-state index in [9.17, 15) is 4.79 Å². The molecule has 0 radical (unpaired) electrons. The topological polar surface area (TPSA) is 65.8 Å². The van der Waals surface area contributed by atoms with E-state index in [1.54, 1.807) is 34.0 Å². The fraction of sp³-hybridized carbons (Fsp3) is 0.103. The number of rotatable bonds is 6. The van der Waals surface area contributed by atoms with Crippen LogP contribution in [0.5, 0.6) is 0 Å². The number of nitrogens with zero attached hydrogens (tertiary/aromatic N) is 2. The molecule has 0 bridgehead atoms. The normalized spacial score (nSPS) is 20.8. The second-order valence-corrected chi connectivity index (χ2v) is 12.0. The predicted octanol–water partition coefficient (Wildman–Crippen LogP) is 4.87. The minimum atomic E-state index is -3.60. The molecule has 2 aliphatic rings. The van der Waals surface area contributed by atoms with Crippen LogP contribution in [0.1, 0.15) is 17.4 Å². The fourth-order valence-electron chi connectivity index (χ4n) is 5.50. The number of hydrogen-bond acceptors (Lipinski definition) is 4. The number of nitrogens with one attached hydrogen (secondary N) is 1. The van der Waals surface area contributed by atoms with Crippen LogP contribution >= 0.6 is 19.5 Å². The quantitative estimate of drug-likeness (QED) is 0.220. The van der Waals surface area contributed by atoms with Gasteiger partial charge in [0.25, 0.3) is 5.91 Å². The number of thiocarbonyl (C=S) groups is 1. The van der Waals surface area contributed by atoms with Gasteiger partial charge in [0.15, 0.2) is 10.7 Å². The molecule has 1 N–H and O–H groups in total. The van der Waals surface area contributed by atoms with Gasteiger partial charge in [0, 0.05) is 22.7 Å². The number of benzene rings is 3. The molecular weight excluding hydrogens is 501 g/mol. The molecule has 3 aromatic carbocycles. The monoisotopic (exact) mass is 525 g/mol. The molecule has 6 rings (SSSR count). The van der Waals surface area contributed by atoms with Gasteiger partial charge in [0.1, 0.15) is 11.8 Å². The van der Waals surface area contributed by atoms with Crippen LogP contribution in [0.3, 0.4) is 0 Å². The predicted molar refractivity (Wildman–Crippen MR) is 149 cm³/mol. The van der Waals surface area contributed by atoms with Gasteiger partial charge in [-0.25, -0.2) is 0 Å². The molecule has 37 heavy (non-hydrogen) atoms. The minimum absolute atomic E-state index is 0.201. The summed E-state index contributed by atoms with van der Waals surface area (Å²) in [4.78, 5) is 16.1. The second-order valence-electron chi connectivity index (χ2n) is 8.97. The zero-order valence-electron chi connectivity index (χ0n) is 19.9. The summed E-state index contributed by atoms with van der Waals surface area (Å²) in [6.45, 7) is 4.18. The first-order valence-corrected chi connectivity index (χ1v) is 14.0. The van der Waals surface area contributed by atoms with Crippen LogP contribution in [-0.4, -0.2) is 22.2 Å². The lowest BCUT2D eigenvalue weighted by Crippen LogP contribution is -2.51. The Labute approximate surface area is 220 Å². The lowest BCUT2D eigenvalue weighted by atomic mass is 9.84. The van der Waals surface area contributed by atoms with Gasteiger partial charge in [-0.3, -0.25) is 14.0 Å². The van der Waals surface area contributed by atoms with Crippen molar-refractivity contribution in [2.45, 2.75) is 11.6 Å². The number of amides is 1. The highest BCUT2D eigenvalue weighted by atomic mass is 32.1. The zero-order chi connectivity index (χ0) is 25.6. The number of carbonyl (C=O) groups excluding carboxylic acids is 1. The number of furan rings is 1. The van der Waals surface area contributed by atoms with E-state index in [1.807, 2.05) is 84.9 Å². The third kappa shape index (κ3) is 3.28. The Morgan fingerprint density at radius 1 is 0.946 bits per heavy atom. The summed E-state index contributed by atoms with van der Waals surface area (Å²) in [7, 11) is -3.60. The SMILES string of the molecule is C=CCN1C(=O)[C@]2(NC(=S)N(P(=O)(c3ccccc3)c3ccccc3)[C@@H]2c2ccco2)c2ccccc21. The molecule has 6 nitrogen and oxygen atoms in total.